The Balaban J connectivity index is 2.29. The number of halogens is 1. The number of benzene rings is 2. The zero-order chi connectivity index (χ0) is 14.5. The van der Waals surface area contributed by atoms with Gasteiger partial charge in [-0.2, -0.15) is 0 Å². The highest BCUT2D eigenvalue weighted by Crippen LogP contribution is 2.27. The highest BCUT2D eigenvalue weighted by molar-refractivity contribution is 14.1. The minimum absolute atomic E-state index is 0.0188. The Kier molecular flexibility index (Phi) is 5.43. The van der Waals surface area contributed by atoms with Gasteiger partial charge in [0.05, 0.1) is 0 Å². The Morgan fingerprint density at radius 2 is 1.90 bits per heavy atom. The van der Waals surface area contributed by atoms with Crippen LogP contribution < -0.4 is 10.5 Å². The number of aryl methyl sites for hydroxylation is 1. The largest absolute Gasteiger partial charge is 0.484 e. The second-order valence-corrected chi connectivity index (χ2v) is 6.23. The summed E-state index contributed by atoms with van der Waals surface area (Å²) in [4.78, 5) is 0. The van der Waals surface area contributed by atoms with Crippen molar-refractivity contribution in [3.8, 4) is 5.75 Å². The van der Waals surface area contributed by atoms with Crippen molar-refractivity contribution in [2.75, 3.05) is 0 Å². The van der Waals surface area contributed by atoms with Gasteiger partial charge >= 0.3 is 0 Å². The highest BCUT2D eigenvalue weighted by Gasteiger charge is 2.20. The first-order valence-electron chi connectivity index (χ1n) is 6.84. The molecule has 0 radical (unpaired) electrons. The van der Waals surface area contributed by atoms with E-state index >= 15 is 0 Å². The molecule has 0 aliphatic heterocycles. The van der Waals surface area contributed by atoms with Crippen molar-refractivity contribution in [1.82, 2.24) is 0 Å². The van der Waals surface area contributed by atoms with Crippen molar-refractivity contribution in [2.45, 2.75) is 32.4 Å². The summed E-state index contributed by atoms with van der Waals surface area (Å²) in [6.45, 7) is 4.18. The lowest BCUT2D eigenvalue weighted by Gasteiger charge is -2.25. The van der Waals surface area contributed by atoms with Gasteiger partial charge in [0, 0.05) is 9.61 Å². The summed E-state index contributed by atoms with van der Waals surface area (Å²) in [7, 11) is 0. The minimum Gasteiger partial charge on any atom is -0.484 e. The average molecular weight is 381 g/mol. The first-order chi connectivity index (χ1) is 9.60. The molecule has 0 spiro atoms. The number of nitrogens with two attached hydrogens (primary N) is 1. The van der Waals surface area contributed by atoms with Gasteiger partial charge in [0.15, 0.2) is 0 Å². The number of ether oxygens (including phenoxy) is 1. The van der Waals surface area contributed by atoms with Crippen LogP contribution in [0.3, 0.4) is 0 Å². The molecule has 0 saturated carbocycles. The van der Waals surface area contributed by atoms with Crippen molar-refractivity contribution < 1.29 is 4.74 Å². The number of rotatable bonds is 5. The van der Waals surface area contributed by atoms with E-state index < -0.39 is 0 Å². The summed E-state index contributed by atoms with van der Waals surface area (Å²) in [6.07, 6.45) is 0.765. The van der Waals surface area contributed by atoms with Crippen LogP contribution >= 0.6 is 22.6 Å². The van der Waals surface area contributed by atoms with E-state index in [-0.39, 0.29) is 12.1 Å². The van der Waals surface area contributed by atoms with E-state index in [2.05, 4.69) is 66.8 Å². The van der Waals surface area contributed by atoms with Crippen molar-refractivity contribution in [3.05, 3.63) is 63.2 Å². The van der Waals surface area contributed by atoms with Crippen LogP contribution in [-0.4, -0.2) is 6.04 Å². The number of hydrogen-bond acceptors (Lipinski definition) is 2. The van der Waals surface area contributed by atoms with E-state index in [1.807, 2.05) is 18.2 Å². The van der Waals surface area contributed by atoms with Crippen LogP contribution in [0.5, 0.6) is 5.75 Å². The molecule has 0 amide bonds. The summed E-state index contributed by atoms with van der Waals surface area (Å²) < 4.78 is 7.32. The maximum atomic E-state index is 6.26. The normalized spacial score (nSPS) is 13.8. The number of hydrogen-bond donors (Lipinski definition) is 1. The fourth-order valence-corrected chi connectivity index (χ4v) is 2.67. The second-order valence-electron chi connectivity index (χ2n) is 4.98. The first-order valence-corrected chi connectivity index (χ1v) is 7.92. The third-order valence-corrected chi connectivity index (χ3v) is 3.96. The molecule has 2 rings (SSSR count). The molecule has 0 aliphatic carbocycles. The van der Waals surface area contributed by atoms with Gasteiger partial charge in [0.2, 0.25) is 0 Å². The molecule has 2 aromatic rings. The van der Waals surface area contributed by atoms with Crippen molar-refractivity contribution in [3.63, 3.8) is 0 Å². The predicted molar refractivity (Wildman–Crippen MR) is 92.0 cm³/mol. The molecule has 2 N–H and O–H groups in total. The van der Waals surface area contributed by atoms with Crippen molar-refractivity contribution in [1.29, 1.82) is 0 Å². The lowest BCUT2D eigenvalue weighted by molar-refractivity contribution is 0.171. The predicted octanol–water partition coefficient (Wildman–Crippen LogP) is 4.46. The third kappa shape index (κ3) is 3.96. The molecule has 0 aromatic heterocycles. The molecule has 20 heavy (non-hydrogen) atoms. The Labute approximate surface area is 134 Å². The van der Waals surface area contributed by atoms with Gasteiger partial charge in [-0.25, -0.2) is 0 Å². The molecule has 0 fully saturated rings. The van der Waals surface area contributed by atoms with Gasteiger partial charge in [-0.15, -0.1) is 0 Å². The lowest BCUT2D eigenvalue weighted by Crippen LogP contribution is -2.31. The zero-order valence-electron chi connectivity index (χ0n) is 11.8. The van der Waals surface area contributed by atoms with Gasteiger partial charge in [0.25, 0.3) is 0 Å². The monoisotopic (exact) mass is 381 g/mol. The van der Waals surface area contributed by atoms with E-state index in [4.69, 9.17) is 10.5 Å². The molecule has 0 aliphatic rings. The molecule has 3 heteroatoms. The molecular weight excluding hydrogens is 361 g/mol. The Morgan fingerprint density at radius 3 is 2.55 bits per heavy atom. The van der Waals surface area contributed by atoms with Crippen LogP contribution in [0, 0.1) is 10.5 Å². The van der Waals surface area contributed by atoms with Crippen LogP contribution in [0.25, 0.3) is 0 Å². The molecule has 2 nitrogen and oxygen atoms in total. The van der Waals surface area contributed by atoms with Gasteiger partial charge in [-0.3, -0.25) is 0 Å². The van der Waals surface area contributed by atoms with E-state index in [0.717, 1.165) is 21.3 Å². The maximum absolute atomic E-state index is 6.26. The van der Waals surface area contributed by atoms with Gasteiger partial charge in [0.1, 0.15) is 11.9 Å². The van der Waals surface area contributed by atoms with Crippen LogP contribution in [0.4, 0.5) is 0 Å². The highest BCUT2D eigenvalue weighted by atomic mass is 127. The van der Waals surface area contributed by atoms with Crippen LogP contribution in [0.2, 0.25) is 0 Å². The molecule has 2 atom stereocenters. The summed E-state index contributed by atoms with van der Waals surface area (Å²) in [5.74, 6) is 0.868. The molecule has 0 bridgehead atoms. The third-order valence-electron chi connectivity index (χ3n) is 3.29. The summed E-state index contributed by atoms with van der Waals surface area (Å²) in [5, 5.41) is 0. The first kappa shape index (κ1) is 15.3. The molecule has 106 valence electrons. The lowest BCUT2D eigenvalue weighted by atomic mass is 9.99. The quantitative estimate of drug-likeness (QED) is 0.777. The molecule has 0 heterocycles. The van der Waals surface area contributed by atoms with Crippen LogP contribution in [0.15, 0.2) is 48.5 Å². The minimum atomic E-state index is -0.113. The fourth-order valence-electron chi connectivity index (χ4n) is 2.15. The summed E-state index contributed by atoms with van der Waals surface area (Å²) >= 11 is 2.29. The van der Waals surface area contributed by atoms with E-state index in [1.165, 1.54) is 5.56 Å². The second kappa shape index (κ2) is 7.09. The van der Waals surface area contributed by atoms with Crippen molar-refractivity contribution >= 4 is 22.6 Å². The molecular formula is C17H20INO. The summed E-state index contributed by atoms with van der Waals surface area (Å²) in [5.41, 5.74) is 8.62. The van der Waals surface area contributed by atoms with Crippen LogP contribution in [-0.2, 0) is 0 Å². The molecule has 0 saturated heterocycles. The Bertz CT molecular complexity index is 570. The van der Waals surface area contributed by atoms with E-state index in [0.29, 0.717) is 0 Å². The zero-order valence-corrected chi connectivity index (χ0v) is 14.0. The smallest absolute Gasteiger partial charge is 0.139 e. The Morgan fingerprint density at radius 1 is 1.15 bits per heavy atom. The fraction of sp³-hybridized carbons (Fsp3) is 0.294. The van der Waals surface area contributed by atoms with E-state index in [1.54, 1.807) is 0 Å². The van der Waals surface area contributed by atoms with Gasteiger partial charge in [-0.1, -0.05) is 42.8 Å². The molecule has 2 aromatic carbocycles. The summed E-state index contributed by atoms with van der Waals surface area (Å²) in [6, 6.07) is 16.4. The standard InChI is InChI=1S/C17H20INO/c1-3-16(19)17(13-7-4-6-12(2)10-13)20-15-9-5-8-14(18)11-15/h4-11,16-17H,3,19H2,1-2H3. The SMILES string of the molecule is CCC(N)C(Oc1cccc(I)c1)c1cccc(C)c1. The van der Waals surface area contributed by atoms with E-state index in [9.17, 15) is 0 Å². The topological polar surface area (TPSA) is 35.2 Å². The van der Waals surface area contributed by atoms with Crippen molar-refractivity contribution in [2.24, 2.45) is 5.73 Å². The Hall–Kier alpha value is -1.07. The van der Waals surface area contributed by atoms with Gasteiger partial charge < -0.3 is 10.5 Å². The van der Waals surface area contributed by atoms with Gasteiger partial charge in [-0.05, 0) is 59.7 Å². The molecule has 2 unspecified atom stereocenters. The van der Waals surface area contributed by atoms with Crippen LogP contribution in [0.1, 0.15) is 30.6 Å². The average Bonchev–Trinajstić information content (AvgIpc) is 2.44. The maximum Gasteiger partial charge on any atom is 0.139 e.